The first-order chi connectivity index (χ1) is 8.75. The van der Waals surface area contributed by atoms with Gasteiger partial charge >= 0.3 is 0 Å². The number of terminal acetylenes is 1. The minimum absolute atomic E-state index is 0.130. The monoisotopic (exact) mass is 302 g/mol. The van der Waals surface area contributed by atoms with Crippen LogP contribution >= 0.6 is 0 Å². The second kappa shape index (κ2) is 5.71. The molecule has 0 saturated carbocycles. The van der Waals surface area contributed by atoms with Crippen molar-refractivity contribution in [2.75, 3.05) is 13.1 Å². The van der Waals surface area contributed by atoms with Crippen LogP contribution in [0.3, 0.4) is 0 Å². The average Bonchev–Trinajstić information content (AvgIpc) is 2.34. The van der Waals surface area contributed by atoms with E-state index in [0.717, 1.165) is 10.4 Å². The van der Waals surface area contributed by atoms with Gasteiger partial charge in [0.25, 0.3) is 0 Å². The minimum Gasteiger partial charge on any atom is -0.225 e. The number of rotatable bonds is 5. The lowest BCUT2D eigenvalue weighted by atomic mass is 10.4. The molecule has 0 saturated heterocycles. The fourth-order valence-electron chi connectivity index (χ4n) is 1.51. The van der Waals surface area contributed by atoms with Crippen molar-refractivity contribution < 1.29 is 16.8 Å². The van der Waals surface area contributed by atoms with Crippen molar-refractivity contribution in [1.29, 1.82) is 0 Å². The van der Waals surface area contributed by atoms with Crippen LogP contribution in [0.15, 0.2) is 34.1 Å². The van der Waals surface area contributed by atoms with Crippen LogP contribution in [0, 0.1) is 12.3 Å². The van der Waals surface area contributed by atoms with E-state index in [-0.39, 0.29) is 18.0 Å². The largest absolute Gasteiger partial charge is 0.245 e. The van der Waals surface area contributed by atoms with Gasteiger partial charge in [-0.15, -0.1) is 6.42 Å². The van der Waals surface area contributed by atoms with Gasteiger partial charge in [0.2, 0.25) is 20.0 Å². The summed E-state index contributed by atoms with van der Waals surface area (Å²) in [6, 6.07) is 5.15. The summed E-state index contributed by atoms with van der Waals surface area (Å²) >= 11 is 0. The molecular formula is C11H14N2O4S2. The van der Waals surface area contributed by atoms with E-state index in [1.165, 1.54) is 18.2 Å². The smallest absolute Gasteiger partial charge is 0.225 e. The fraction of sp³-hybridized carbons (Fsp3) is 0.273. The van der Waals surface area contributed by atoms with Gasteiger partial charge in [-0.1, -0.05) is 25.0 Å². The molecule has 6 nitrogen and oxygen atoms in total. The maximum absolute atomic E-state index is 12.3. The molecular weight excluding hydrogens is 288 g/mol. The Morgan fingerprint density at radius 1 is 1.21 bits per heavy atom. The third-order valence-electron chi connectivity index (χ3n) is 2.39. The van der Waals surface area contributed by atoms with E-state index in [1.54, 1.807) is 6.92 Å². The van der Waals surface area contributed by atoms with Crippen molar-refractivity contribution in [2.24, 2.45) is 5.14 Å². The van der Waals surface area contributed by atoms with E-state index in [1.807, 2.05) is 0 Å². The molecule has 1 aromatic carbocycles. The topological polar surface area (TPSA) is 97.5 Å². The fourth-order valence-corrected chi connectivity index (χ4v) is 4.22. The van der Waals surface area contributed by atoms with Gasteiger partial charge in [0.1, 0.15) is 9.79 Å². The van der Waals surface area contributed by atoms with E-state index < -0.39 is 24.9 Å². The zero-order valence-electron chi connectivity index (χ0n) is 10.3. The van der Waals surface area contributed by atoms with Gasteiger partial charge in [-0.3, -0.25) is 0 Å². The summed E-state index contributed by atoms with van der Waals surface area (Å²) in [4.78, 5) is -0.805. The Balaban J connectivity index is 3.51. The van der Waals surface area contributed by atoms with Crippen LogP contribution in [0.4, 0.5) is 0 Å². The molecule has 0 aromatic heterocycles. The lowest BCUT2D eigenvalue weighted by Gasteiger charge is -2.19. The van der Waals surface area contributed by atoms with Gasteiger partial charge in [0, 0.05) is 6.54 Å². The van der Waals surface area contributed by atoms with Crippen LogP contribution in [-0.4, -0.2) is 34.2 Å². The van der Waals surface area contributed by atoms with Crippen molar-refractivity contribution in [3.63, 3.8) is 0 Å². The molecule has 1 aromatic rings. The zero-order valence-corrected chi connectivity index (χ0v) is 11.9. The number of benzene rings is 1. The predicted octanol–water partition coefficient (Wildman–Crippen LogP) is -0.0222. The first-order valence-electron chi connectivity index (χ1n) is 5.30. The molecule has 0 bridgehead atoms. The predicted molar refractivity (Wildman–Crippen MR) is 71.1 cm³/mol. The molecule has 0 unspecified atom stereocenters. The van der Waals surface area contributed by atoms with E-state index >= 15 is 0 Å². The Bertz CT molecular complexity index is 702. The second-order valence-corrected chi connectivity index (χ2v) is 7.06. The third kappa shape index (κ3) is 3.33. The standard InChI is InChI=1S/C11H14N2O4S2/c1-3-9-13(4-2)19(16,17)11-8-6-5-7-10(11)18(12,14)15/h1,5-8H,4,9H2,2H3,(H2,12,14,15). The Labute approximate surface area is 113 Å². The first-order valence-corrected chi connectivity index (χ1v) is 8.29. The quantitative estimate of drug-likeness (QED) is 0.773. The summed E-state index contributed by atoms with van der Waals surface area (Å²) in [5.74, 6) is 2.22. The number of nitrogens with two attached hydrogens (primary N) is 1. The van der Waals surface area contributed by atoms with Gasteiger partial charge in [0.05, 0.1) is 6.54 Å². The maximum Gasteiger partial charge on any atom is 0.245 e. The summed E-state index contributed by atoms with van der Waals surface area (Å²) < 4.78 is 48.5. The van der Waals surface area contributed by atoms with Crippen LogP contribution in [0.2, 0.25) is 0 Å². The Morgan fingerprint density at radius 2 is 1.74 bits per heavy atom. The highest BCUT2D eigenvalue weighted by Gasteiger charge is 2.28. The number of sulfonamides is 2. The second-order valence-electron chi connectivity index (χ2n) is 3.63. The van der Waals surface area contributed by atoms with Gasteiger partial charge in [-0.25, -0.2) is 22.0 Å². The van der Waals surface area contributed by atoms with Crippen LogP contribution in [0.5, 0.6) is 0 Å². The van der Waals surface area contributed by atoms with E-state index in [9.17, 15) is 16.8 Å². The number of hydrogen-bond acceptors (Lipinski definition) is 4. The molecule has 0 aliphatic rings. The van der Waals surface area contributed by atoms with Gasteiger partial charge in [-0.2, -0.15) is 4.31 Å². The molecule has 0 amide bonds. The molecule has 0 spiro atoms. The molecule has 0 heterocycles. The summed E-state index contributed by atoms with van der Waals surface area (Å²) in [5.41, 5.74) is 0. The molecule has 0 fully saturated rings. The highest BCUT2D eigenvalue weighted by atomic mass is 32.2. The van der Waals surface area contributed by atoms with Gasteiger partial charge < -0.3 is 0 Å². The SMILES string of the molecule is C#CCN(CC)S(=O)(=O)c1ccccc1S(N)(=O)=O. The van der Waals surface area contributed by atoms with Crippen molar-refractivity contribution in [3.8, 4) is 12.3 Å². The maximum atomic E-state index is 12.3. The Morgan fingerprint density at radius 3 is 2.16 bits per heavy atom. The molecule has 19 heavy (non-hydrogen) atoms. The summed E-state index contributed by atoms with van der Waals surface area (Å²) in [5, 5.41) is 5.02. The molecule has 0 atom stereocenters. The van der Waals surface area contributed by atoms with E-state index in [4.69, 9.17) is 11.6 Å². The number of nitrogens with zero attached hydrogens (tertiary/aromatic N) is 1. The van der Waals surface area contributed by atoms with Crippen LogP contribution in [0.25, 0.3) is 0 Å². The minimum atomic E-state index is -4.13. The molecule has 8 heteroatoms. The van der Waals surface area contributed by atoms with Crippen LogP contribution < -0.4 is 5.14 Å². The van der Waals surface area contributed by atoms with Crippen molar-refractivity contribution in [3.05, 3.63) is 24.3 Å². The van der Waals surface area contributed by atoms with Crippen LogP contribution in [0.1, 0.15) is 6.92 Å². The molecule has 2 N–H and O–H groups in total. The van der Waals surface area contributed by atoms with Gasteiger partial charge in [0.15, 0.2) is 0 Å². The highest BCUT2D eigenvalue weighted by Crippen LogP contribution is 2.22. The summed E-state index contributed by atoms with van der Waals surface area (Å²) in [6.07, 6.45) is 5.10. The first kappa shape index (κ1) is 15.7. The van der Waals surface area contributed by atoms with Crippen LogP contribution in [-0.2, 0) is 20.0 Å². The summed E-state index contributed by atoms with van der Waals surface area (Å²) in [6.45, 7) is 1.59. The zero-order chi connectivity index (χ0) is 14.7. The molecule has 1 rings (SSSR count). The summed E-state index contributed by atoms with van der Waals surface area (Å²) in [7, 11) is -8.13. The Kier molecular flexibility index (Phi) is 4.70. The molecule has 0 aliphatic heterocycles. The molecule has 0 radical (unpaired) electrons. The average molecular weight is 302 g/mol. The van der Waals surface area contributed by atoms with E-state index in [2.05, 4.69) is 5.92 Å². The normalized spacial score (nSPS) is 12.3. The number of primary sulfonamides is 1. The highest BCUT2D eigenvalue weighted by molar-refractivity contribution is 7.92. The lowest BCUT2D eigenvalue weighted by molar-refractivity contribution is 0.462. The molecule has 0 aliphatic carbocycles. The van der Waals surface area contributed by atoms with Gasteiger partial charge in [-0.05, 0) is 12.1 Å². The van der Waals surface area contributed by atoms with Crippen molar-refractivity contribution in [1.82, 2.24) is 4.31 Å². The van der Waals surface area contributed by atoms with E-state index in [0.29, 0.717) is 0 Å². The molecule has 104 valence electrons. The van der Waals surface area contributed by atoms with Crippen molar-refractivity contribution in [2.45, 2.75) is 16.7 Å². The Hall–Kier alpha value is -1.40. The lowest BCUT2D eigenvalue weighted by Crippen LogP contribution is -2.32. The van der Waals surface area contributed by atoms with Crippen molar-refractivity contribution >= 4 is 20.0 Å². The number of hydrogen-bond donors (Lipinski definition) is 1. The third-order valence-corrected chi connectivity index (χ3v) is 5.47.